The van der Waals surface area contributed by atoms with Crippen LogP contribution in [0, 0.1) is 0 Å². The molecule has 0 aliphatic carbocycles. The fourth-order valence-electron chi connectivity index (χ4n) is 1.83. The summed E-state index contributed by atoms with van der Waals surface area (Å²) in [6, 6.07) is 5.65. The third-order valence-corrected chi connectivity index (χ3v) is 2.97. The number of para-hydroxylation sites is 1. The summed E-state index contributed by atoms with van der Waals surface area (Å²) in [5.41, 5.74) is 0.933. The second kappa shape index (κ2) is 7.17. The molecule has 0 radical (unpaired) electrons. The second-order valence-electron chi connectivity index (χ2n) is 4.19. The number of aromatic hydroxyl groups is 1. The third-order valence-electron chi connectivity index (χ3n) is 2.97. The topological polar surface area (TPSA) is 32.7 Å². The van der Waals surface area contributed by atoms with Crippen molar-refractivity contribution in [2.45, 2.75) is 33.2 Å². The Morgan fingerprint density at radius 2 is 2.06 bits per heavy atom. The van der Waals surface area contributed by atoms with Gasteiger partial charge in [-0.05, 0) is 25.6 Å². The van der Waals surface area contributed by atoms with E-state index < -0.39 is 0 Å². The standard InChI is InChI=1S/C14H23NO2/c1-4-6-10-15(5-2)11-12-8-7-9-13(17-3)14(12)16/h7-9,16H,4-6,10-11H2,1-3H3. The molecule has 0 unspecified atom stereocenters. The van der Waals surface area contributed by atoms with Gasteiger partial charge in [-0.25, -0.2) is 0 Å². The van der Waals surface area contributed by atoms with Crippen LogP contribution in [0.25, 0.3) is 0 Å². The Bertz CT molecular complexity index is 339. The van der Waals surface area contributed by atoms with E-state index in [2.05, 4.69) is 18.7 Å². The van der Waals surface area contributed by atoms with Crippen molar-refractivity contribution in [3.8, 4) is 11.5 Å². The zero-order chi connectivity index (χ0) is 12.7. The molecule has 0 bridgehead atoms. The highest BCUT2D eigenvalue weighted by atomic mass is 16.5. The van der Waals surface area contributed by atoms with E-state index in [0.717, 1.165) is 25.2 Å². The first-order chi connectivity index (χ1) is 8.22. The second-order valence-corrected chi connectivity index (χ2v) is 4.19. The highest BCUT2D eigenvalue weighted by Crippen LogP contribution is 2.30. The van der Waals surface area contributed by atoms with Gasteiger partial charge in [0.05, 0.1) is 7.11 Å². The molecule has 0 saturated heterocycles. The minimum absolute atomic E-state index is 0.268. The maximum absolute atomic E-state index is 10.0. The number of methoxy groups -OCH3 is 1. The molecule has 3 nitrogen and oxygen atoms in total. The Kier molecular flexibility index (Phi) is 5.84. The molecule has 17 heavy (non-hydrogen) atoms. The summed E-state index contributed by atoms with van der Waals surface area (Å²) in [5.74, 6) is 0.819. The van der Waals surface area contributed by atoms with Gasteiger partial charge in [0.2, 0.25) is 0 Å². The maximum atomic E-state index is 10.0. The van der Waals surface area contributed by atoms with Gasteiger partial charge in [-0.15, -0.1) is 0 Å². The number of unbranched alkanes of at least 4 members (excludes halogenated alkanes) is 1. The number of phenolic OH excluding ortho intramolecular Hbond substituents is 1. The number of hydrogen-bond acceptors (Lipinski definition) is 3. The van der Waals surface area contributed by atoms with Crippen LogP contribution >= 0.6 is 0 Å². The van der Waals surface area contributed by atoms with E-state index in [1.165, 1.54) is 12.8 Å². The summed E-state index contributed by atoms with van der Waals surface area (Å²) in [5, 5.41) is 10.0. The Morgan fingerprint density at radius 3 is 2.65 bits per heavy atom. The molecule has 0 heterocycles. The van der Waals surface area contributed by atoms with E-state index in [4.69, 9.17) is 4.74 Å². The molecule has 3 heteroatoms. The lowest BCUT2D eigenvalue weighted by Gasteiger charge is -2.21. The molecule has 0 aliphatic rings. The summed E-state index contributed by atoms with van der Waals surface area (Å²) in [7, 11) is 1.58. The van der Waals surface area contributed by atoms with Gasteiger partial charge in [0, 0.05) is 12.1 Å². The molecule has 0 atom stereocenters. The van der Waals surface area contributed by atoms with Crippen LogP contribution in [-0.4, -0.2) is 30.2 Å². The summed E-state index contributed by atoms with van der Waals surface area (Å²) >= 11 is 0. The van der Waals surface area contributed by atoms with Gasteiger partial charge in [-0.3, -0.25) is 4.90 Å². The average molecular weight is 237 g/mol. The molecule has 0 amide bonds. The fourth-order valence-corrected chi connectivity index (χ4v) is 1.83. The molecule has 0 fully saturated rings. The monoisotopic (exact) mass is 237 g/mol. The normalized spacial score (nSPS) is 10.8. The number of ether oxygens (including phenoxy) is 1. The van der Waals surface area contributed by atoms with E-state index in [1.807, 2.05) is 12.1 Å². The zero-order valence-electron chi connectivity index (χ0n) is 11.1. The van der Waals surface area contributed by atoms with Crippen LogP contribution < -0.4 is 4.74 Å². The van der Waals surface area contributed by atoms with Gasteiger partial charge >= 0.3 is 0 Å². The lowest BCUT2D eigenvalue weighted by Crippen LogP contribution is -2.24. The molecule has 0 saturated carbocycles. The Balaban J connectivity index is 2.72. The number of nitrogens with zero attached hydrogens (tertiary/aromatic N) is 1. The highest BCUT2D eigenvalue weighted by Gasteiger charge is 2.10. The summed E-state index contributed by atoms with van der Waals surface area (Å²) in [6.45, 7) is 7.18. The Labute approximate surface area is 104 Å². The predicted molar refractivity (Wildman–Crippen MR) is 70.5 cm³/mol. The average Bonchev–Trinajstić information content (AvgIpc) is 2.36. The Hall–Kier alpha value is -1.22. The minimum atomic E-state index is 0.268. The van der Waals surface area contributed by atoms with Crippen molar-refractivity contribution in [1.82, 2.24) is 4.90 Å². The fraction of sp³-hybridized carbons (Fsp3) is 0.571. The summed E-state index contributed by atoms with van der Waals surface area (Å²) in [6.07, 6.45) is 2.39. The van der Waals surface area contributed by atoms with Gasteiger partial charge in [0.1, 0.15) is 0 Å². The van der Waals surface area contributed by atoms with Gasteiger partial charge in [0.15, 0.2) is 11.5 Å². The molecule has 0 spiro atoms. The largest absolute Gasteiger partial charge is 0.504 e. The molecule has 1 rings (SSSR count). The van der Waals surface area contributed by atoms with E-state index in [1.54, 1.807) is 13.2 Å². The lowest BCUT2D eigenvalue weighted by atomic mass is 10.1. The van der Waals surface area contributed by atoms with Crippen molar-refractivity contribution in [2.24, 2.45) is 0 Å². The zero-order valence-corrected chi connectivity index (χ0v) is 11.1. The first-order valence-corrected chi connectivity index (χ1v) is 6.30. The quantitative estimate of drug-likeness (QED) is 0.791. The van der Waals surface area contributed by atoms with Crippen LogP contribution in [-0.2, 0) is 6.54 Å². The molecule has 0 aliphatic heterocycles. The van der Waals surface area contributed by atoms with Crippen LogP contribution in [0.1, 0.15) is 32.3 Å². The molecule has 1 aromatic carbocycles. The lowest BCUT2D eigenvalue weighted by molar-refractivity contribution is 0.269. The van der Waals surface area contributed by atoms with Crippen molar-refractivity contribution in [1.29, 1.82) is 0 Å². The van der Waals surface area contributed by atoms with Gasteiger partial charge < -0.3 is 9.84 Å². The first kappa shape index (κ1) is 13.8. The van der Waals surface area contributed by atoms with E-state index >= 15 is 0 Å². The van der Waals surface area contributed by atoms with Crippen molar-refractivity contribution in [3.05, 3.63) is 23.8 Å². The van der Waals surface area contributed by atoms with Gasteiger partial charge in [-0.2, -0.15) is 0 Å². The maximum Gasteiger partial charge on any atom is 0.162 e. The smallest absolute Gasteiger partial charge is 0.162 e. The number of hydrogen-bond donors (Lipinski definition) is 1. The van der Waals surface area contributed by atoms with Crippen LogP contribution in [0.15, 0.2) is 18.2 Å². The van der Waals surface area contributed by atoms with Crippen LogP contribution in [0.3, 0.4) is 0 Å². The Morgan fingerprint density at radius 1 is 1.29 bits per heavy atom. The van der Waals surface area contributed by atoms with Gasteiger partial charge in [-0.1, -0.05) is 32.4 Å². The molecule has 0 aromatic heterocycles. The molecule has 96 valence electrons. The van der Waals surface area contributed by atoms with Crippen molar-refractivity contribution < 1.29 is 9.84 Å². The number of phenols is 1. The molecule has 1 N–H and O–H groups in total. The van der Waals surface area contributed by atoms with Crippen LogP contribution in [0.4, 0.5) is 0 Å². The molecule has 1 aromatic rings. The summed E-state index contributed by atoms with van der Waals surface area (Å²) in [4.78, 5) is 2.33. The number of benzene rings is 1. The van der Waals surface area contributed by atoms with Crippen molar-refractivity contribution in [2.75, 3.05) is 20.2 Å². The van der Waals surface area contributed by atoms with E-state index in [0.29, 0.717) is 5.75 Å². The van der Waals surface area contributed by atoms with E-state index in [-0.39, 0.29) is 5.75 Å². The summed E-state index contributed by atoms with van der Waals surface area (Å²) < 4.78 is 5.11. The van der Waals surface area contributed by atoms with Crippen molar-refractivity contribution >= 4 is 0 Å². The first-order valence-electron chi connectivity index (χ1n) is 6.30. The molecular formula is C14H23NO2. The van der Waals surface area contributed by atoms with E-state index in [9.17, 15) is 5.11 Å². The van der Waals surface area contributed by atoms with Gasteiger partial charge in [0.25, 0.3) is 0 Å². The number of rotatable bonds is 7. The van der Waals surface area contributed by atoms with Crippen LogP contribution in [0.5, 0.6) is 11.5 Å². The third kappa shape index (κ3) is 3.93. The SMILES string of the molecule is CCCCN(CC)Cc1cccc(OC)c1O. The minimum Gasteiger partial charge on any atom is -0.504 e. The predicted octanol–water partition coefficient (Wildman–Crippen LogP) is 3.02. The van der Waals surface area contributed by atoms with Crippen molar-refractivity contribution in [3.63, 3.8) is 0 Å². The highest BCUT2D eigenvalue weighted by molar-refractivity contribution is 5.45. The molecular weight excluding hydrogens is 214 g/mol. The van der Waals surface area contributed by atoms with Crippen LogP contribution in [0.2, 0.25) is 0 Å².